The van der Waals surface area contributed by atoms with E-state index < -0.39 is 20.0 Å². The Hall–Kier alpha value is -1.72. The summed E-state index contributed by atoms with van der Waals surface area (Å²) >= 11 is 3.39. The summed E-state index contributed by atoms with van der Waals surface area (Å²) in [5.41, 5.74) is 0.294. The topological polar surface area (TPSA) is 94.5 Å². The van der Waals surface area contributed by atoms with E-state index in [9.17, 15) is 16.8 Å². The number of hydrogen-bond acceptors (Lipinski definition) is 5. The van der Waals surface area contributed by atoms with Gasteiger partial charge in [0.25, 0.3) is 10.0 Å². The minimum Gasteiger partial charge on any atom is -0.381 e. The highest BCUT2D eigenvalue weighted by molar-refractivity contribution is 9.10. The van der Waals surface area contributed by atoms with Gasteiger partial charge in [0.05, 0.1) is 10.4 Å². The molecule has 1 aliphatic rings. The molecule has 1 N–H and O–H groups in total. The lowest BCUT2D eigenvalue weighted by Crippen LogP contribution is -2.27. The van der Waals surface area contributed by atoms with Crippen molar-refractivity contribution < 1.29 is 21.6 Å². The van der Waals surface area contributed by atoms with Crippen LogP contribution in [0.5, 0.6) is 0 Å². The van der Waals surface area contributed by atoms with Crippen molar-refractivity contribution in [2.45, 2.75) is 29.1 Å². The predicted molar refractivity (Wildman–Crippen MR) is 122 cm³/mol. The summed E-state index contributed by atoms with van der Waals surface area (Å²) in [5, 5.41) is 0.334. The van der Waals surface area contributed by atoms with Crippen LogP contribution >= 0.6 is 15.9 Å². The highest BCUT2D eigenvalue weighted by Crippen LogP contribution is 2.34. The Kier molecular flexibility index (Phi) is 6.55. The number of aromatic nitrogens is 1. The quantitative estimate of drug-likeness (QED) is 0.506. The average Bonchev–Trinajstić information content (AvgIpc) is 3.18. The van der Waals surface area contributed by atoms with E-state index in [0.717, 1.165) is 16.8 Å². The van der Waals surface area contributed by atoms with Crippen LogP contribution in [0, 0.1) is 5.92 Å². The van der Waals surface area contributed by atoms with Gasteiger partial charge >= 0.3 is 0 Å². The van der Waals surface area contributed by atoms with E-state index >= 15 is 0 Å². The zero-order valence-electron chi connectivity index (χ0n) is 16.7. The zero-order chi connectivity index (χ0) is 22.1. The number of ether oxygens (including phenoxy) is 1. The van der Waals surface area contributed by atoms with E-state index in [1.807, 2.05) is 0 Å². The van der Waals surface area contributed by atoms with E-state index in [0.29, 0.717) is 40.9 Å². The third-order valence-corrected chi connectivity index (χ3v) is 9.31. The number of sulfonamides is 1. The van der Waals surface area contributed by atoms with Crippen LogP contribution in [0.4, 0.5) is 0 Å². The van der Waals surface area contributed by atoms with Crippen molar-refractivity contribution in [3.63, 3.8) is 0 Å². The summed E-state index contributed by atoms with van der Waals surface area (Å²) in [7, 11) is -7.90. The Bertz CT molecular complexity index is 1280. The van der Waals surface area contributed by atoms with E-state index in [1.165, 1.54) is 18.3 Å². The van der Waals surface area contributed by atoms with Crippen molar-refractivity contribution in [3.05, 3.63) is 59.2 Å². The first kappa shape index (κ1) is 22.5. The van der Waals surface area contributed by atoms with E-state index in [4.69, 9.17) is 4.74 Å². The highest BCUT2D eigenvalue weighted by Gasteiger charge is 2.28. The third-order valence-electron chi connectivity index (χ3n) is 5.49. The molecule has 10 heteroatoms. The molecule has 2 aromatic carbocycles. The molecule has 0 bridgehead atoms. The van der Waals surface area contributed by atoms with Gasteiger partial charge in [-0.05, 0) is 49.4 Å². The summed E-state index contributed by atoms with van der Waals surface area (Å²) in [4.78, 5) is 0.0183. The van der Waals surface area contributed by atoms with Crippen LogP contribution in [0.25, 0.3) is 10.9 Å². The monoisotopic (exact) mass is 526 g/mol. The number of fused-ring (bicyclic) bond motifs is 1. The van der Waals surface area contributed by atoms with Crippen molar-refractivity contribution in [2.24, 2.45) is 5.92 Å². The van der Waals surface area contributed by atoms with E-state index in [2.05, 4.69) is 20.7 Å². The molecule has 4 rings (SSSR count). The Morgan fingerprint density at radius 2 is 1.71 bits per heavy atom. The Morgan fingerprint density at radius 1 is 1.00 bits per heavy atom. The summed E-state index contributed by atoms with van der Waals surface area (Å²) < 4.78 is 62.3. The van der Waals surface area contributed by atoms with Gasteiger partial charge in [-0.15, -0.1) is 0 Å². The first-order chi connectivity index (χ1) is 14.8. The second-order valence-electron chi connectivity index (χ2n) is 7.48. The standard InChI is InChI=1S/C21H23BrN2O5S2/c22-18-7-4-8-19-21(18)20(15-24(19)31(27,28)17-5-2-1-3-6-17)30(25,26)23-12-9-16-10-13-29-14-11-16/h1-8,15-16,23H,9-14H2. The molecular weight excluding hydrogens is 504 g/mol. The van der Waals surface area contributed by atoms with Crippen LogP contribution in [0.2, 0.25) is 0 Å². The minimum absolute atomic E-state index is 0.0681. The molecule has 0 saturated carbocycles. The molecular formula is C21H23BrN2O5S2. The third kappa shape index (κ3) is 4.58. The molecule has 31 heavy (non-hydrogen) atoms. The molecule has 1 aliphatic heterocycles. The average molecular weight is 527 g/mol. The Morgan fingerprint density at radius 3 is 2.42 bits per heavy atom. The van der Waals surface area contributed by atoms with Gasteiger partial charge in [-0.1, -0.05) is 40.2 Å². The van der Waals surface area contributed by atoms with Gasteiger partial charge < -0.3 is 4.74 Å². The van der Waals surface area contributed by atoms with Gasteiger partial charge in [0.2, 0.25) is 10.0 Å². The zero-order valence-corrected chi connectivity index (χ0v) is 19.9. The maximum Gasteiger partial charge on any atom is 0.268 e. The molecule has 0 spiro atoms. The fraction of sp³-hybridized carbons (Fsp3) is 0.333. The highest BCUT2D eigenvalue weighted by atomic mass is 79.9. The molecule has 0 unspecified atom stereocenters. The number of rotatable bonds is 7. The fourth-order valence-electron chi connectivity index (χ4n) is 3.80. The van der Waals surface area contributed by atoms with Gasteiger partial charge in [0.15, 0.2) is 0 Å². The molecule has 166 valence electrons. The van der Waals surface area contributed by atoms with Crippen molar-refractivity contribution in [2.75, 3.05) is 19.8 Å². The molecule has 0 atom stereocenters. The van der Waals surface area contributed by atoms with Crippen LogP contribution < -0.4 is 4.72 Å². The van der Waals surface area contributed by atoms with Gasteiger partial charge in [0.1, 0.15) is 4.90 Å². The molecule has 2 heterocycles. The lowest BCUT2D eigenvalue weighted by molar-refractivity contribution is 0.0644. The predicted octanol–water partition coefficient (Wildman–Crippen LogP) is 3.74. The number of halogens is 1. The number of benzene rings is 2. The second-order valence-corrected chi connectivity index (χ2v) is 11.9. The summed E-state index contributed by atoms with van der Waals surface area (Å²) in [6.45, 7) is 1.69. The second kappa shape index (κ2) is 9.03. The maximum atomic E-state index is 13.2. The first-order valence-electron chi connectivity index (χ1n) is 9.98. The molecule has 1 fully saturated rings. The lowest BCUT2D eigenvalue weighted by Gasteiger charge is -2.21. The SMILES string of the molecule is O=S(=O)(NCCC1CCOCC1)c1cn(S(=O)(=O)c2ccccc2)c2cccc(Br)c12. The number of hydrogen-bond donors (Lipinski definition) is 1. The van der Waals surface area contributed by atoms with Crippen molar-refractivity contribution >= 4 is 46.9 Å². The summed E-state index contributed by atoms with van der Waals surface area (Å²) in [6.07, 6.45) is 3.74. The van der Waals surface area contributed by atoms with E-state index in [1.54, 1.807) is 36.4 Å². The molecule has 0 amide bonds. The van der Waals surface area contributed by atoms with Crippen LogP contribution in [-0.4, -0.2) is 40.6 Å². The molecule has 1 saturated heterocycles. The molecule has 0 aliphatic carbocycles. The smallest absolute Gasteiger partial charge is 0.268 e. The largest absolute Gasteiger partial charge is 0.381 e. The summed E-state index contributed by atoms with van der Waals surface area (Å²) in [6, 6.07) is 12.9. The van der Waals surface area contributed by atoms with Gasteiger partial charge in [-0.25, -0.2) is 25.5 Å². The Balaban J connectivity index is 1.71. The Labute approximate surface area is 190 Å². The van der Waals surface area contributed by atoms with Crippen molar-refractivity contribution in [1.29, 1.82) is 0 Å². The lowest BCUT2D eigenvalue weighted by atomic mass is 9.97. The van der Waals surface area contributed by atoms with Crippen LogP contribution in [0.15, 0.2) is 69.0 Å². The van der Waals surface area contributed by atoms with E-state index in [-0.39, 0.29) is 16.3 Å². The molecule has 7 nitrogen and oxygen atoms in total. The van der Waals surface area contributed by atoms with Gasteiger partial charge in [0, 0.05) is 35.8 Å². The summed E-state index contributed by atoms with van der Waals surface area (Å²) in [5.74, 6) is 0.419. The van der Waals surface area contributed by atoms with Crippen LogP contribution in [0.1, 0.15) is 19.3 Å². The molecule has 0 radical (unpaired) electrons. The van der Waals surface area contributed by atoms with Gasteiger partial charge in [-0.2, -0.15) is 0 Å². The normalized spacial score (nSPS) is 16.0. The van der Waals surface area contributed by atoms with Gasteiger partial charge in [-0.3, -0.25) is 0 Å². The van der Waals surface area contributed by atoms with Crippen molar-refractivity contribution in [1.82, 2.24) is 8.69 Å². The minimum atomic E-state index is -3.97. The maximum absolute atomic E-state index is 13.2. The first-order valence-corrected chi connectivity index (χ1v) is 13.7. The van der Waals surface area contributed by atoms with Crippen LogP contribution in [-0.2, 0) is 24.8 Å². The molecule has 3 aromatic rings. The molecule has 1 aromatic heterocycles. The number of nitrogens with zero attached hydrogens (tertiary/aromatic N) is 1. The van der Waals surface area contributed by atoms with Crippen molar-refractivity contribution in [3.8, 4) is 0 Å². The fourth-order valence-corrected chi connectivity index (χ4v) is 7.22. The number of nitrogens with one attached hydrogen (secondary N) is 1. The van der Waals surface area contributed by atoms with Crippen LogP contribution in [0.3, 0.4) is 0 Å².